The van der Waals surface area contributed by atoms with Crippen molar-refractivity contribution in [3.8, 4) is 5.75 Å². The minimum atomic E-state index is -0.541. The van der Waals surface area contributed by atoms with E-state index in [9.17, 15) is 10.1 Å². The van der Waals surface area contributed by atoms with E-state index >= 15 is 0 Å². The molecule has 1 aromatic rings. The number of rotatable bonds is 2. The number of ether oxygens (including phenoxy) is 1. The summed E-state index contributed by atoms with van der Waals surface area (Å²) in [5, 5.41) is 10.3. The van der Waals surface area contributed by atoms with Gasteiger partial charge in [-0.3, -0.25) is 0 Å². The van der Waals surface area contributed by atoms with Crippen molar-refractivity contribution >= 4 is 5.82 Å². The molecule has 0 bridgehead atoms. The van der Waals surface area contributed by atoms with E-state index in [1.807, 2.05) is 20.8 Å². The second-order valence-electron chi connectivity index (χ2n) is 3.82. The van der Waals surface area contributed by atoms with E-state index in [2.05, 4.69) is 4.98 Å². The smallest absolute Gasteiger partial charge is 0.363 e. The molecule has 5 nitrogen and oxygen atoms in total. The topological polar surface area (TPSA) is 65.3 Å². The van der Waals surface area contributed by atoms with Gasteiger partial charge < -0.3 is 14.9 Å². The lowest BCUT2D eigenvalue weighted by Gasteiger charge is -2.19. The normalized spacial score (nSPS) is 11.1. The lowest BCUT2D eigenvalue weighted by atomic mass is 10.2. The average molecular weight is 196 g/mol. The molecular weight excluding hydrogens is 184 g/mol. The molecule has 0 N–H and O–H groups in total. The molecule has 0 aliphatic heterocycles. The molecule has 0 spiro atoms. The molecule has 0 saturated heterocycles. The first-order chi connectivity index (χ1) is 6.38. The van der Waals surface area contributed by atoms with Crippen molar-refractivity contribution < 1.29 is 9.66 Å². The molecule has 0 unspecified atom stereocenters. The molecule has 0 amide bonds. The Kier molecular flexibility index (Phi) is 2.69. The highest BCUT2D eigenvalue weighted by molar-refractivity contribution is 5.27. The Morgan fingerprint density at radius 3 is 2.43 bits per heavy atom. The lowest BCUT2D eigenvalue weighted by Crippen LogP contribution is -2.22. The predicted molar refractivity (Wildman–Crippen MR) is 51.3 cm³/mol. The van der Waals surface area contributed by atoms with Crippen LogP contribution in [0.2, 0.25) is 0 Å². The van der Waals surface area contributed by atoms with Crippen LogP contribution in [0.1, 0.15) is 20.8 Å². The summed E-state index contributed by atoms with van der Waals surface area (Å²) in [4.78, 5) is 13.4. The van der Waals surface area contributed by atoms with Gasteiger partial charge in [-0.1, -0.05) is 0 Å². The molecule has 1 rings (SSSR count). The van der Waals surface area contributed by atoms with Crippen molar-refractivity contribution in [3.63, 3.8) is 0 Å². The van der Waals surface area contributed by atoms with E-state index in [1.165, 1.54) is 18.3 Å². The van der Waals surface area contributed by atoms with Crippen molar-refractivity contribution in [1.29, 1.82) is 0 Å². The van der Waals surface area contributed by atoms with Gasteiger partial charge in [-0.2, -0.15) is 0 Å². The maximum Gasteiger partial charge on any atom is 0.363 e. The summed E-state index contributed by atoms with van der Waals surface area (Å²) in [6.07, 6.45) is 1.35. The summed E-state index contributed by atoms with van der Waals surface area (Å²) in [5.41, 5.74) is -0.322. The van der Waals surface area contributed by atoms with Gasteiger partial charge in [0.25, 0.3) is 0 Å². The Morgan fingerprint density at radius 1 is 1.43 bits per heavy atom. The van der Waals surface area contributed by atoms with Gasteiger partial charge in [0.15, 0.2) is 11.9 Å². The molecule has 5 heteroatoms. The average Bonchev–Trinajstić information content (AvgIpc) is 2.02. The van der Waals surface area contributed by atoms with E-state index in [0.29, 0.717) is 5.75 Å². The van der Waals surface area contributed by atoms with Crippen LogP contribution in [0.3, 0.4) is 0 Å². The van der Waals surface area contributed by atoms with Crippen molar-refractivity contribution in [3.05, 3.63) is 28.4 Å². The third-order valence-corrected chi connectivity index (χ3v) is 1.33. The van der Waals surface area contributed by atoms with Crippen LogP contribution in [0, 0.1) is 10.1 Å². The van der Waals surface area contributed by atoms with Gasteiger partial charge in [-0.15, -0.1) is 0 Å². The van der Waals surface area contributed by atoms with Crippen LogP contribution in [0.25, 0.3) is 0 Å². The van der Waals surface area contributed by atoms with E-state index in [-0.39, 0.29) is 11.4 Å². The Morgan fingerprint density at radius 2 is 2.07 bits per heavy atom. The number of nitro groups is 1. The highest BCUT2D eigenvalue weighted by atomic mass is 16.6. The number of nitrogens with zero attached hydrogens (tertiary/aromatic N) is 2. The third-order valence-electron chi connectivity index (χ3n) is 1.33. The maximum absolute atomic E-state index is 10.3. The van der Waals surface area contributed by atoms with E-state index in [4.69, 9.17) is 4.74 Å². The fourth-order valence-corrected chi connectivity index (χ4v) is 0.894. The standard InChI is InChI=1S/C9H12N2O3/c1-9(2,3)14-7-4-5-8(10-6-7)11(12)13/h4-6H,1-3H3. The van der Waals surface area contributed by atoms with Crippen molar-refractivity contribution in [2.24, 2.45) is 0 Å². The molecule has 0 atom stereocenters. The predicted octanol–water partition coefficient (Wildman–Crippen LogP) is 2.17. The van der Waals surface area contributed by atoms with Crippen molar-refractivity contribution in [2.45, 2.75) is 26.4 Å². The molecule has 0 saturated carbocycles. The number of aromatic nitrogens is 1. The molecule has 0 radical (unpaired) electrons. The van der Waals surface area contributed by atoms with Gasteiger partial charge in [0.1, 0.15) is 5.60 Å². The molecule has 0 aromatic carbocycles. The van der Waals surface area contributed by atoms with Crippen LogP contribution in [0.15, 0.2) is 18.3 Å². The van der Waals surface area contributed by atoms with E-state index < -0.39 is 4.92 Å². The number of hydrogen-bond donors (Lipinski definition) is 0. The molecule has 14 heavy (non-hydrogen) atoms. The van der Waals surface area contributed by atoms with Gasteiger partial charge in [0.05, 0.1) is 0 Å². The van der Waals surface area contributed by atoms with Crippen LogP contribution in [0.5, 0.6) is 5.75 Å². The molecule has 0 aliphatic rings. The summed E-state index contributed by atoms with van der Waals surface area (Å²) >= 11 is 0. The minimum Gasteiger partial charge on any atom is -0.484 e. The first-order valence-corrected chi connectivity index (χ1v) is 4.18. The summed E-state index contributed by atoms with van der Waals surface area (Å²) in [6, 6.07) is 2.86. The molecule has 1 aromatic heterocycles. The summed E-state index contributed by atoms with van der Waals surface area (Å²) in [7, 11) is 0. The Labute approximate surface area is 81.9 Å². The molecule has 0 aliphatic carbocycles. The highest BCUT2D eigenvalue weighted by Gasteiger charge is 2.14. The quantitative estimate of drug-likeness (QED) is 0.537. The molecular formula is C9H12N2O3. The van der Waals surface area contributed by atoms with Crippen LogP contribution in [-0.4, -0.2) is 15.5 Å². The van der Waals surface area contributed by atoms with E-state index in [0.717, 1.165) is 0 Å². The number of pyridine rings is 1. The van der Waals surface area contributed by atoms with Gasteiger partial charge >= 0.3 is 5.82 Å². The molecule has 1 heterocycles. The highest BCUT2D eigenvalue weighted by Crippen LogP contribution is 2.18. The SMILES string of the molecule is CC(C)(C)Oc1ccc([N+](=O)[O-])nc1. The minimum absolute atomic E-state index is 0.175. The molecule has 0 fully saturated rings. The zero-order chi connectivity index (χ0) is 10.8. The van der Waals surface area contributed by atoms with Gasteiger partial charge in [-0.25, -0.2) is 0 Å². The zero-order valence-electron chi connectivity index (χ0n) is 8.35. The second kappa shape index (κ2) is 3.61. The monoisotopic (exact) mass is 196 g/mol. The molecule has 76 valence electrons. The van der Waals surface area contributed by atoms with Gasteiger partial charge in [0.2, 0.25) is 0 Å². The van der Waals surface area contributed by atoms with E-state index in [1.54, 1.807) is 0 Å². The third kappa shape index (κ3) is 3.01. The number of hydrogen-bond acceptors (Lipinski definition) is 4. The van der Waals surface area contributed by atoms with Crippen molar-refractivity contribution in [1.82, 2.24) is 4.98 Å². The van der Waals surface area contributed by atoms with Crippen LogP contribution < -0.4 is 4.74 Å². The van der Waals surface area contributed by atoms with Crippen LogP contribution in [0.4, 0.5) is 5.82 Å². The van der Waals surface area contributed by atoms with Crippen LogP contribution >= 0.6 is 0 Å². The van der Waals surface area contributed by atoms with Crippen molar-refractivity contribution in [2.75, 3.05) is 0 Å². The summed E-state index contributed by atoms with van der Waals surface area (Å²) in [5.74, 6) is 0.356. The van der Waals surface area contributed by atoms with Gasteiger partial charge in [0, 0.05) is 6.07 Å². The summed E-state index contributed by atoms with van der Waals surface area (Å²) in [6.45, 7) is 5.69. The Balaban J connectivity index is 2.79. The largest absolute Gasteiger partial charge is 0.484 e. The summed E-state index contributed by atoms with van der Waals surface area (Å²) < 4.78 is 5.45. The zero-order valence-corrected chi connectivity index (χ0v) is 8.35. The maximum atomic E-state index is 10.3. The van der Waals surface area contributed by atoms with Crippen LogP contribution in [-0.2, 0) is 0 Å². The lowest BCUT2D eigenvalue weighted by molar-refractivity contribution is -0.389. The first kappa shape index (κ1) is 10.4. The Bertz CT molecular complexity index is 327. The fourth-order valence-electron chi connectivity index (χ4n) is 0.894. The second-order valence-corrected chi connectivity index (χ2v) is 3.82. The first-order valence-electron chi connectivity index (χ1n) is 4.18. The fraction of sp³-hybridized carbons (Fsp3) is 0.444. The Hall–Kier alpha value is -1.65. The van der Waals surface area contributed by atoms with Gasteiger partial charge in [-0.05, 0) is 36.7 Å².